The summed E-state index contributed by atoms with van der Waals surface area (Å²) in [5.41, 5.74) is 0. The van der Waals surface area contributed by atoms with Crippen molar-refractivity contribution in [3.8, 4) is 0 Å². The normalized spacial score (nSPS) is 31.7. The van der Waals surface area contributed by atoms with Gasteiger partial charge in [-0.25, -0.2) is 0 Å². The van der Waals surface area contributed by atoms with Gasteiger partial charge in [0.15, 0.2) is 0 Å². The Morgan fingerprint density at radius 2 is 1.77 bits per heavy atom. The van der Waals surface area contributed by atoms with Crippen molar-refractivity contribution in [2.45, 2.75) is 83.6 Å². The number of hydrogen-bond acceptors (Lipinski definition) is 3. The van der Waals surface area contributed by atoms with Gasteiger partial charge in [0.2, 0.25) is 5.91 Å². The van der Waals surface area contributed by atoms with E-state index in [1.54, 1.807) is 0 Å². The largest absolute Gasteiger partial charge is 0.381 e. The number of carbonyl (C=O) groups is 1. The average Bonchev–Trinajstić information content (AvgIpc) is 2.69. The van der Waals surface area contributed by atoms with Crippen LogP contribution in [0.5, 0.6) is 0 Å². The number of nitrogens with one attached hydrogen (secondary N) is 1. The van der Waals surface area contributed by atoms with Crippen LogP contribution in [0.4, 0.5) is 0 Å². The summed E-state index contributed by atoms with van der Waals surface area (Å²) in [5.74, 6) is 1.98. The Morgan fingerprint density at radius 1 is 1.00 bits per heavy atom. The summed E-state index contributed by atoms with van der Waals surface area (Å²) in [6.45, 7) is 7.40. The molecule has 0 aromatic carbocycles. The Labute approximate surface area is 160 Å². The Morgan fingerprint density at radius 3 is 2.58 bits per heavy atom. The fraction of sp³-hybridized carbons (Fsp3) is 0.955. The SMILES string of the molecule is CCOCC1CCCN(CC2CCCC[C@@H]2NC(=O)C2CCCCC2)C1. The number of piperidine rings is 1. The van der Waals surface area contributed by atoms with E-state index in [9.17, 15) is 4.79 Å². The van der Waals surface area contributed by atoms with E-state index in [1.165, 1.54) is 70.9 Å². The summed E-state index contributed by atoms with van der Waals surface area (Å²) in [5, 5.41) is 3.48. The minimum atomic E-state index is 0.289. The van der Waals surface area contributed by atoms with Gasteiger partial charge < -0.3 is 15.0 Å². The zero-order valence-corrected chi connectivity index (χ0v) is 16.9. The summed E-state index contributed by atoms with van der Waals surface area (Å²) >= 11 is 0. The number of hydrogen-bond donors (Lipinski definition) is 1. The van der Waals surface area contributed by atoms with Crippen LogP contribution in [0.2, 0.25) is 0 Å². The van der Waals surface area contributed by atoms with Gasteiger partial charge in [-0.05, 0) is 63.8 Å². The highest BCUT2D eigenvalue weighted by Crippen LogP contribution is 2.29. The molecule has 3 rings (SSSR count). The molecule has 1 saturated heterocycles. The maximum absolute atomic E-state index is 12.7. The number of carbonyl (C=O) groups excluding carboxylic acids is 1. The molecule has 2 aliphatic carbocycles. The van der Waals surface area contributed by atoms with Gasteiger partial charge in [0.25, 0.3) is 0 Å². The Bertz CT molecular complexity index is 422. The van der Waals surface area contributed by atoms with E-state index in [1.807, 2.05) is 0 Å². The first-order valence-corrected chi connectivity index (χ1v) is 11.4. The molecule has 4 nitrogen and oxygen atoms in total. The number of likely N-dealkylation sites (tertiary alicyclic amines) is 1. The Hall–Kier alpha value is -0.610. The Balaban J connectivity index is 1.49. The lowest BCUT2D eigenvalue weighted by molar-refractivity contribution is -0.127. The maximum Gasteiger partial charge on any atom is 0.223 e. The highest BCUT2D eigenvalue weighted by Gasteiger charge is 2.31. The molecule has 0 aromatic rings. The van der Waals surface area contributed by atoms with Crippen LogP contribution in [0.1, 0.15) is 77.6 Å². The van der Waals surface area contributed by atoms with Crippen LogP contribution in [0, 0.1) is 17.8 Å². The summed E-state index contributed by atoms with van der Waals surface area (Å²) in [7, 11) is 0. The number of amides is 1. The molecule has 4 heteroatoms. The van der Waals surface area contributed by atoms with Gasteiger partial charge in [0.05, 0.1) is 6.61 Å². The molecule has 150 valence electrons. The van der Waals surface area contributed by atoms with E-state index in [0.717, 1.165) is 32.6 Å². The van der Waals surface area contributed by atoms with Gasteiger partial charge in [-0.2, -0.15) is 0 Å². The van der Waals surface area contributed by atoms with Crippen molar-refractivity contribution in [3.63, 3.8) is 0 Å². The van der Waals surface area contributed by atoms with Crippen LogP contribution in [0.25, 0.3) is 0 Å². The highest BCUT2D eigenvalue weighted by molar-refractivity contribution is 5.79. The molecule has 0 spiro atoms. The third kappa shape index (κ3) is 5.95. The fourth-order valence-corrected chi connectivity index (χ4v) is 5.35. The standard InChI is InChI=1S/C22H40N2O2/c1-2-26-17-18-9-8-14-24(15-18)16-20-12-6-7-13-21(20)23-22(25)19-10-4-3-5-11-19/h18-21H,2-17H2,1H3,(H,23,25)/t18?,20?,21-/m0/s1. The molecule has 0 radical (unpaired) electrons. The summed E-state index contributed by atoms with van der Waals surface area (Å²) < 4.78 is 5.67. The van der Waals surface area contributed by atoms with Gasteiger partial charge in [-0.1, -0.05) is 32.1 Å². The lowest BCUT2D eigenvalue weighted by Crippen LogP contribution is -2.49. The lowest BCUT2D eigenvalue weighted by atomic mass is 9.82. The molecular formula is C22H40N2O2. The molecule has 0 aromatic heterocycles. The molecule has 3 aliphatic rings. The first-order valence-electron chi connectivity index (χ1n) is 11.4. The maximum atomic E-state index is 12.7. The van der Waals surface area contributed by atoms with Gasteiger partial charge in [0.1, 0.15) is 0 Å². The van der Waals surface area contributed by atoms with E-state index in [-0.39, 0.29) is 5.92 Å². The molecule has 1 N–H and O–H groups in total. The molecule has 3 fully saturated rings. The second-order valence-corrected chi connectivity index (χ2v) is 8.92. The van der Waals surface area contributed by atoms with Gasteiger partial charge >= 0.3 is 0 Å². The topological polar surface area (TPSA) is 41.6 Å². The Kier molecular flexibility index (Phi) is 8.25. The molecule has 0 bridgehead atoms. The number of rotatable bonds is 7. The van der Waals surface area contributed by atoms with E-state index < -0.39 is 0 Å². The van der Waals surface area contributed by atoms with Crippen molar-refractivity contribution in [1.29, 1.82) is 0 Å². The van der Waals surface area contributed by atoms with Crippen LogP contribution >= 0.6 is 0 Å². The molecule has 2 unspecified atom stereocenters. The zero-order chi connectivity index (χ0) is 18.2. The van der Waals surface area contributed by atoms with Gasteiger partial charge in [-0.15, -0.1) is 0 Å². The second kappa shape index (κ2) is 10.7. The molecule has 26 heavy (non-hydrogen) atoms. The van der Waals surface area contributed by atoms with Crippen molar-refractivity contribution < 1.29 is 9.53 Å². The van der Waals surface area contributed by atoms with Gasteiger partial charge in [-0.3, -0.25) is 4.79 Å². The predicted molar refractivity (Wildman–Crippen MR) is 106 cm³/mol. The van der Waals surface area contributed by atoms with Crippen molar-refractivity contribution in [2.75, 3.05) is 32.8 Å². The molecule has 1 heterocycles. The molecule has 1 amide bonds. The van der Waals surface area contributed by atoms with Crippen LogP contribution in [-0.2, 0) is 9.53 Å². The number of ether oxygens (including phenoxy) is 1. The summed E-state index contributed by atoms with van der Waals surface area (Å²) in [6.07, 6.45) is 13.7. The van der Waals surface area contributed by atoms with E-state index >= 15 is 0 Å². The van der Waals surface area contributed by atoms with Crippen LogP contribution in [-0.4, -0.2) is 49.7 Å². The first-order chi connectivity index (χ1) is 12.8. The first kappa shape index (κ1) is 20.1. The quantitative estimate of drug-likeness (QED) is 0.743. The van der Waals surface area contributed by atoms with Crippen molar-refractivity contribution >= 4 is 5.91 Å². The van der Waals surface area contributed by atoms with Crippen LogP contribution in [0.15, 0.2) is 0 Å². The van der Waals surface area contributed by atoms with Crippen molar-refractivity contribution in [2.24, 2.45) is 17.8 Å². The average molecular weight is 365 g/mol. The molecule has 3 atom stereocenters. The molecule has 2 saturated carbocycles. The summed E-state index contributed by atoms with van der Waals surface area (Å²) in [6, 6.07) is 0.408. The van der Waals surface area contributed by atoms with E-state index in [0.29, 0.717) is 23.8 Å². The predicted octanol–water partition coefficient (Wildman–Crippen LogP) is 3.99. The third-order valence-corrected chi connectivity index (χ3v) is 6.87. The minimum Gasteiger partial charge on any atom is -0.381 e. The van der Waals surface area contributed by atoms with Crippen LogP contribution < -0.4 is 5.32 Å². The van der Waals surface area contributed by atoms with E-state index in [4.69, 9.17) is 4.74 Å². The van der Waals surface area contributed by atoms with Crippen molar-refractivity contribution in [3.05, 3.63) is 0 Å². The monoisotopic (exact) mass is 364 g/mol. The second-order valence-electron chi connectivity index (χ2n) is 8.92. The van der Waals surface area contributed by atoms with Gasteiger partial charge in [0, 0.05) is 31.7 Å². The summed E-state index contributed by atoms with van der Waals surface area (Å²) in [4.78, 5) is 15.4. The van der Waals surface area contributed by atoms with E-state index in [2.05, 4.69) is 17.1 Å². The van der Waals surface area contributed by atoms with Crippen molar-refractivity contribution in [1.82, 2.24) is 10.2 Å². The van der Waals surface area contributed by atoms with Crippen LogP contribution in [0.3, 0.4) is 0 Å². The molecule has 1 aliphatic heterocycles. The number of nitrogens with zero attached hydrogens (tertiary/aromatic N) is 1. The lowest BCUT2D eigenvalue weighted by Gasteiger charge is -2.39. The fourth-order valence-electron chi connectivity index (χ4n) is 5.35. The highest BCUT2D eigenvalue weighted by atomic mass is 16.5. The molecular weight excluding hydrogens is 324 g/mol. The minimum absolute atomic E-state index is 0.289. The smallest absolute Gasteiger partial charge is 0.223 e. The third-order valence-electron chi connectivity index (χ3n) is 6.87. The zero-order valence-electron chi connectivity index (χ0n) is 16.9.